The Morgan fingerprint density at radius 2 is 1.88 bits per heavy atom. The van der Waals surface area contributed by atoms with E-state index in [1.807, 2.05) is 0 Å². The first-order valence-electron chi connectivity index (χ1n) is 7.93. The number of halogens is 1. The number of aromatic nitrogens is 1. The molecule has 1 aliphatic rings. The van der Waals surface area contributed by atoms with Gasteiger partial charge in [0.25, 0.3) is 5.91 Å². The van der Waals surface area contributed by atoms with Crippen molar-refractivity contribution in [2.75, 3.05) is 13.1 Å². The number of rotatable bonds is 2. The van der Waals surface area contributed by atoms with E-state index >= 15 is 0 Å². The van der Waals surface area contributed by atoms with Crippen LogP contribution in [0.3, 0.4) is 0 Å². The normalized spacial score (nSPS) is 17.3. The van der Waals surface area contributed by atoms with Crippen LogP contribution in [0.2, 0.25) is 0 Å². The number of amides is 2. The van der Waals surface area contributed by atoms with Crippen LogP contribution in [0.5, 0.6) is 0 Å². The molecule has 1 saturated heterocycles. The maximum absolute atomic E-state index is 13.2. The standard InChI is InChI=1S/C18H18FN3O3/c1-10-9-14(23)15(11(2)21-10)18(25)22-8-7-20-17(24)16(22)12-3-5-13(19)6-4-12/h3-6,9,16H,7-8H2,1-2H3,(H,20,24)(H,21,23)/t16-/m1/s1. The molecule has 6 nitrogen and oxygen atoms in total. The van der Waals surface area contributed by atoms with E-state index in [1.54, 1.807) is 13.8 Å². The fourth-order valence-electron chi connectivity index (χ4n) is 3.12. The molecule has 0 bridgehead atoms. The van der Waals surface area contributed by atoms with E-state index in [9.17, 15) is 18.8 Å². The molecule has 1 aromatic heterocycles. The first-order chi connectivity index (χ1) is 11.9. The lowest BCUT2D eigenvalue weighted by atomic mass is 10.0. The third-order valence-corrected chi connectivity index (χ3v) is 4.23. The molecule has 0 radical (unpaired) electrons. The van der Waals surface area contributed by atoms with Gasteiger partial charge < -0.3 is 15.2 Å². The van der Waals surface area contributed by atoms with Crippen LogP contribution in [0.15, 0.2) is 35.1 Å². The highest BCUT2D eigenvalue weighted by molar-refractivity contribution is 5.99. The van der Waals surface area contributed by atoms with Crippen molar-refractivity contribution in [3.8, 4) is 0 Å². The Morgan fingerprint density at radius 1 is 1.20 bits per heavy atom. The van der Waals surface area contributed by atoms with Crippen molar-refractivity contribution < 1.29 is 14.0 Å². The molecule has 0 spiro atoms. The summed E-state index contributed by atoms with van der Waals surface area (Å²) in [7, 11) is 0. The van der Waals surface area contributed by atoms with Crippen molar-refractivity contribution >= 4 is 11.8 Å². The highest BCUT2D eigenvalue weighted by Gasteiger charge is 2.36. The summed E-state index contributed by atoms with van der Waals surface area (Å²) in [6.07, 6.45) is 0. The highest BCUT2D eigenvalue weighted by atomic mass is 19.1. The maximum atomic E-state index is 13.2. The van der Waals surface area contributed by atoms with Crippen molar-refractivity contribution in [3.05, 3.63) is 68.9 Å². The first-order valence-corrected chi connectivity index (χ1v) is 7.93. The third-order valence-electron chi connectivity index (χ3n) is 4.23. The number of pyridine rings is 1. The summed E-state index contributed by atoms with van der Waals surface area (Å²) in [6, 6.07) is 5.88. The third kappa shape index (κ3) is 3.17. The van der Waals surface area contributed by atoms with E-state index in [4.69, 9.17) is 0 Å². The van der Waals surface area contributed by atoms with Gasteiger partial charge >= 0.3 is 0 Å². The average Bonchev–Trinajstić information content (AvgIpc) is 2.54. The van der Waals surface area contributed by atoms with Crippen LogP contribution in [-0.4, -0.2) is 34.8 Å². The lowest BCUT2D eigenvalue weighted by molar-refractivity contribution is -0.128. The zero-order valence-electron chi connectivity index (χ0n) is 13.9. The zero-order valence-corrected chi connectivity index (χ0v) is 13.9. The van der Waals surface area contributed by atoms with E-state index < -0.39 is 17.8 Å². The monoisotopic (exact) mass is 343 g/mol. The molecule has 1 aromatic carbocycles. The molecule has 2 N–H and O–H groups in total. The Labute approximate surface area is 143 Å². The van der Waals surface area contributed by atoms with Gasteiger partial charge in [-0.25, -0.2) is 4.39 Å². The van der Waals surface area contributed by atoms with Gasteiger partial charge in [0, 0.05) is 30.5 Å². The smallest absolute Gasteiger partial charge is 0.260 e. The van der Waals surface area contributed by atoms with E-state index in [0.717, 1.165) is 0 Å². The molecule has 25 heavy (non-hydrogen) atoms. The summed E-state index contributed by atoms with van der Waals surface area (Å²) in [5.74, 6) is -1.29. The molecular weight excluding hydrogens is 325 g/mol. The number of hydrogen-bond acceptors (Lipinski definition) is 3. The fourth-order valence-corrected chi connectivity index (χ4v) is 3.12. The lowest BCUT2D eigenvalue weighted by Gasteiger charge is -2.35. The van der Waals surface area contributed by atoms with Crippen molar-refractivity contribution in [3.63, 3.8) is 0 Å². The summed E-state index contributed by atoms with van der Waals surface area (Å²) in [6.45, 7) is 3.95. The quantitative estimate of drug-likeness (QED) is 0.866. The SMILES string of the molecule is Cc1cc(=O)c(C(=O)N2CCNC(=O)[C@H]2c2ccc(F)cc2)c(C)[nH]1. The number of nitrogens with zero attached hydrogens (tertiary/aromatic N) is 1. The van der Waals surface area contributed by atoms with Gasteiger partial charge in [0.05, 0.1) is 0 Å². The van der Waals surface area contributed by atoms with Crippen LogP contribution in [0.4, 0.5) is 4.39 Å². The van der Waals surface area contributed by atoms with Gasteiger partial charge in [-0.3, -0.25) is 14.4 Å². The molecule has 0 aliphatic carbocycles. The molecule has 0 saturated carbocycles. The van der Waals surface area contributed by atoms with Gasteiger partial charge in [0.1, 0.15) is 17.4 Å². The minimum absolute atomic E-state index is 0.0208. The second kappa shape index (κ2) is 6.51. The minimum Gasteiger partial charge on any atom is -0.362 e. The zero-order chi connectivity index (χ0) is 18.1. The van der Waals surface area contributed by atoms with Crippen LogP contribution >= 0.6 is 0 Å². The van der Waals surface area contributed by atoms with Crippen molar-refractivity contribution in [1.29, 1.82) is 0 Å². The number of H-pyrrole nitrogens is 1. The highest BCUT2D eigenvalue weighted by Crippen LogP contribution is 2.25. The number of aromatic amines is 1. The second-order valence-corrected chi connectivity index (χ2v) is 6.06. The second-order valence-electron chi connectivity index (χ2n) is 6.06. The minimum atomic E-state index is -0.901. The van der Waals surface area contributed by atoms with Gasteiger partial charge in [0.2, 0.25) is 5.91 Å². The summed E-state index contributed by atoms with van der Waals surface area (Å²) < 4.78 is 13.2. The molecule has 2 heterocycles. The van der Waals surface area contributed by atoms with Crippen molar-refractivity contribution in [2.45, 2.75) is 19.9 Å². The van der Waals surface area contributed by atoms with Gasteiger partial charge in [-0.1, -0.05) is 12.1 Å². The summed E-state index contributed by atoms with van der Waals surface area (Å²) in [5, 5.41) is 2.71. The predicted octanol–water partition coefficient (Wildman–Crippen LogP) is 1.44. The molecule has 1 aliphatic heterocycles. The number of hydrogen-bond donors (Lipinski definition) is 2. The molecule has 7 heteroatoms. The summed E-state index contributed by atoms with van der Waals surface area (Å²) >= 11 is 0. The van der Waals surface area contributed by atoms with Crippen LogP contribution in [0.25, 0.3) is 0 Å². The number of carbonyl (C=O) groups excluding carboxylic acids is 2. The lowest BCUT2D eigenvalue weighted by Crippen LogP contribution is -2.53. The van der Waals surface area contributed by atoms with Gasteiger partial charge in [-0.2, -0.15) is 0 Å². The summed E-state index contributed by atoms with van der Waals surface area (Å²) in [5.41, 5.74) is 1.24. The average molecular weight is 343 g/mol. The fraction of sp³-hybridized carbons (Fsp3) is 0.278. The Morgan fingerprint density at radius 3 is 2.52 bits per heavy atom. The van der Waals surface area contributed by atoms with E-state index in [2.05, 4.69) is 10.3 Å². The topological polar surface area (TPSA) is 82.3 Å². The Balaban J connectivity index is 2.04. The van der Waals surface area contributed by atoms with Crippen LogP contribution < -0.4 is 10.7 Å². The molecule has 3 rings (SSSR count). The molecule has 130 valence electrons. The van der Waals surface area contributed by atoms with Crippen molar-refractivity contribution in [1.82, 2.24) is 15.2 Å². The van der Waals surface area contributed by atoms with E-state index in [0.29, 0.717) is 23.5 Å². The number of benzene rings is 1. The van der Waals surface area contributed by atoms with Gasteiger partial charge in [0.15, 0.2) is 5.43 Å². The summed E-state index contributed by atoms with van der Waals surface area (Å²) in [4.78, 5) is 42.0. The largest absolute Gasteiger partial charge is 0.362 e. The van der Waals surface area contributed by atoms with Crippen LogP contribution in [-0.2, 0) is 4.79 Å². The van der Waals surface area contributed by atoms with Gasteiger partial charge in [-0.15, -0.1) is 0 Å². The number of aryl methyl sites for hydroxylation is 2. The number of piperazine rings is 1. The Hall–Kier alpha value is -2.96. The maximum Gasteiger partial charge on any atom is 0.260 e. The Kier molecular flexibility index (Phi) is 4.39. The van der Waals surface area contributed by atoms with E-state index in [-0.39, 0.29) is 23.4 Å². The molecule has 2 aromatic rings. The van der Waals surface area contributed by atoms with Gasteiger partial charge in [-0.05, 0) is 31.5 Å². The molecule has 1 fully saturated rings. The van der Waals surface area contributed by atoms with Crippen LogP contribution in [0, 0.1) is 19.7 Å². The van der Waals surface area contributed by atoms with Crippen LogP contribution in [0.1, 0.15) is 33.4 Å². The molecule has 0 unspecified atom stereocenters. The van der Waals surface area contributed by atoms with Crippen molar-refractivity contribution in [2.24, 2.45) is 0 Å². The number of carbonyl (C=O) groups is 2. The molecule has 1 atom stereocenters. The molecular formula is C18H18FN3O3. The molecule has 2 amide bonds. The predicted molar refractivity (Wildman–Crippen MR) is 89.7 cm³/mol. The number of nitrogens with one attached hydrogen (secondary N) is 2. The first kappa shape index (κ1) is 16.9. The Bertz CT molecular complexity index is 889. The van der Waals surface area contributed by atoms with E-state index in [1.165, 1.54) is 35.2 Å².